The van der Waals surface area contributed by atoms with E-state index >= 15 is 0 Å². The van der Waals surface area contributed by atoms with Crippen molar-refractivity contribution in [3.05, 3.63) is 12.4 Å². The van der Waals surface area contributed by atoms with E-state index in [4.69, 9.17) is 29.0 Å². The number of nitrogens with one attached hydrogen (secondary N) is 1. The van der Waals surface area contributed by atoms with Gasteiger partial charge in [-0.3, -0.25) is 18.4 Å². The van der Waals surface area contributed by atoms with Crippen LogP contribution in [0.4, 0.5) is 10.2 Å². The van der Waals surface area contributed by atoms with Crippen LogP contribution in [0, 0.1) is 6.08 Å². The summed E-state index contributed by atoms with van der Waals surface area (Å²) in [5, 5.41) is 13.3. The van der Waals surface area contributed by atoms with Crippen LogP contribution in [0.5, 0.6) is 0 Å². The summed E-state index contributed by atoms with van der Waals surface area (Å²) in [5.74, 6) is -0.804. The van der Waals surface area contributed by atoms with Crippen molar-refractivity contribution in [1.29, 1.82) is 0 Å². The average molecular weight is 490 g/mol. The zero-order chi connectivity index (χ0) is 23.9. The van der Waals surface area contributed by atoms with Crippen molar-refractivity contribution >= 4 is 30.7 Å². The van der Waals surface area contributed by atoms with Crippen LogP contribution in [0.3, 0.4) is 0 Å². The van der Waals surface area contributed by atoms with Crippen molar-refractivity contribution in [2.75, 3.05) is 19.1 Å². The molecular formula is C17H24FN6O8P. The minimum absolute atomic E-state index is 0.0142. The van der Waals surface area contributed by atoms with Crippen LogP contribution in [-0.4, -0.2) is 74.5 Å². The molecule has 14 nitrogen and oxygen atoms in total. The number of nitrogens with two attached hydrogens (primary N) is 1. The number of halogens is 1. The third-order valence-electron chi connectivity index (χ3n) is 4.95. The van der Waals surface area contributed by atoms with E-state index in [2.05, 4.69) is 20.0 Å². The average Bonchev–Trinajstić information content (AvgIpc) is 3.26. The number of imidazole rings is 1. The Balaban J connectivity index is 1.49. The second-order valence-electron chi connectivity index (χ2n) is 7.77. The Morgan fingerprint density at radius 3 is 2.88 bits per heavy atom. The van der Waals surface area contributed by atoms with E-state index in [-0.39, 0.29) is 29.7 Å². The predicted octanol–water partition coefficient (Wildman–Crippen LogP) is 0.233. The predicted molar refractivity (Wildman–Crippen MR) is 108 cm³/mol. The molecule has 4 rings (SSSR count). The number of nitrogens with zero attached hydrogens (tertiary/aromatic N) is 4. The first kappa shape index (κ1) is 23.9. The molecule has 2 fully saturated rings. The molecule has 2 aliphatic heterocycles. The molecule has 33 heavy (non-hydrogen) atoms. The molecular weight excluding hydrogens is 466 g/mol. The fourth-order valence-electron chi connectivity index (χ4n) is 3.47. The number of esters is 1. The molecule has 0 bridgehead atoms. The summed E-state index contributed by atoms with van der Waals surface area (Å²) in [6, 6.07) is -0.992. The minimum Gasteiger partial charge on any atom is -0.462 e. The van der Waals surface area contributed by atoms with Gasteiger partial charge < -0.3 is 25.1 Å². The van der Waals surface area contributed by atoms with Crippen molar-refractivity contribution in [2.45, 2.75) is 57.5 Å². The van der Waals surface area contributed by atoms with Crippen LogP contribution in [0.25, 0.3) is 11.2 Å². The number of fused-ring (bicyclic) bond motifs is 2. The van der Waals surface area contributed by atoms with Gasteiger partial charge in [-0.1, -0.05) is 0 Å². The van der Waals surface area contributed by atoms with Crippen LogP contribution in [0.2, 0.25) is 0 Å². The molecule has 16 heteroatoms. The van der Waals surface area contributed by atoms with Crippen molar-refractivity contribution in [3.8, 4) is 0 Å². The van der Waals surface area contributed by atoms with Gasteiger partial charge in [-0.15, -0.1) is 0 Å². The zero-order valence-electron chi connectivity index (χ0n) is 18.0. The lowest BCUT2D eigenvalue weighted by molar-refractivity contribution is -0.149. The van der Waals surface area contributed by atoms with Crippen molar-refractivity contribution < 1.29 is 42.1 Å². The first-order valence-corrected chi connectivity index (χ1v) is 11.6. The maximum Gasteiger partial charge on any atom is 0.408 e. The second kappa shape index (κ2) is 9.18. The number of rotatable bonds is 5. The number of carbonyl (C=O) groups excluding carboxylic acids is 1. The summed E-state index contributed by atoms with van der Waals surface area (Å²) in [6.45, 7) is 3.97. The molecule has 0 aliphatic carbocycles. The minimum atomic E-state index is -3.98. The number of aliphatic hydroxyl groups is 1. The van der Waals surface area contributed by atoms with Gasteiger partial charge in [0.2, 0.25) is 0 Å². The molecule has 3 unspecified atom stereocenters. The largest absolute Gasteiger partial charge is 0.462 e. The van der Waals surface area contributed by atoms with Gasteiger partial charge in [0, 0.05) is 0 Å². The molecule has 0 aromatic carbocycles. The summed E-state index contributed by atoms with van der Waals surface area (Å²) in [5.41, 5.74) is 5.82. The number of aromatic nitrogens is 4. The Kier molecular flexibility index (Phi) is 6.64. The third kappa shape index (κ3) is 4.84. The van der Waals surface area contributed by atoms with Gasteiger partial charge in [0.1, 0.15) is 24.4 Å². The van der Waals surface area contributed by atoms with Crippen LogP contribution >= 0.6 is 7.75 Å². The van der Waals surface area contributed by atoms with Gasteiger partial charge in [0.25, 0.3) is 0 Å². The number of nitrogen functional groups attached to an aromatic ring is 1. The Bertz CT molecular complexity index is 1090. The number of hydrogen-bond donors (Lipinski definition) is 3. The lowest BCUT2D eigenvalue weighted by Gasteiger charge is -2.29. The van der Waals surface area contributed by atoms with Gasteiger partial charge in [-0.05, 0) is 20.8 Å². The number of aliphatic hydroxyl groups excluding tert-OH is 1. The van der Waals surface area contributed by atoms with E-state index in [9.17, 15) is 18.9 Å². The standard InChI is InChI=1S/C17H24FN6O8P/c1-7(2)31-16(26)8(3)23-33(27)29-4-9-12(28-6-30-33)11(25)15(32-9)24-5-20-10-13(19)21-17(18)22-14(10)24/h5,7-9,11-12,15,25H,4,6H2,1-3H3,(H,23,27)(H2,19,21,22)/t8-,9+,11?,12?,15+,33?/m0/s1. The number of hydrogen-bond acceptors (Lipinski definition) is 12. The topological polar surface area (TPSA) is 182 Å². The molecule has 0 amide bonds. The lowest BCUT2D eigenvalue weighted by atomic mass is 10.1. The number of carbonyl (C=O) groups is 1. The summed E-state index contributed by atoms with van der Waals surface area (Å²) in [4.78, 5) is 23.2. The summed E-state index contributed by atoms with van der Waals surface area (Å²) >= 11 is 0. The smallest absolute Gasteiger partial charge is 0.408 e. The van der Waals surface area contributed by atoms with E-state index in [1.54, 1.807) is 13.8 Å². The first-order chi connectivity index (χ1) is 15.6. The molecule has 4 N–H and O–H groups in total. The highest BCUT2D eigenvalue weighted by atomic mass is 31.2. The fourth-order valence-corrected chi connectivity index (χ4v) is 4.82. The first-order valence-electron chi connectivity index (χ1n) is 10.1. The maximum atomic E-state index is 13.7. The monoisotopic (exact) mass is 490 g/mol. The lowest BCUT2D eigenvalue weighted by Crippen LogP contribution is -2.41. The van der Waals surface area contributed by atoms with Crippen LogP contribution < -0.4 is 10.8 Å². The summed E-state index contributed by atoms with van der Waals surface area (Å²) in [6.07, 6.45) is -4.32. The molecule has 0 saturated carbocycles. The molecule has 0 spiro atoms. The molecule has 2 saturated heterocycles. The van der Waals surface area contributed by atoms with Crippen LogP contribution in [0.15, 0.2) is 6.33 Å². The van der Waals surface area contributed by atoms with E-state index in [0.717, 1.165) is 0 Å². The Labute approximate surface area is 187 Å². The third-order valence-corrected chi connectivity index (χ3v) is 6.59. The van der Waals surface area contributed by atoms with Crippen molar-refractivity contribution in [1.82, 2.24) is 24.6 Å². The normalized spacial score (nSPS) is 31.2. The Morgan fingerprint density at radius 1 is 1.39 bits per heavy atom. The Hall–Kier alpha value is -2.26. The van der Waals surface area contributed by atoms with Crippen LogP contribution in [0.1, 0.15) is 27.0 Å². The van der Waals surface area contributed by atoms with Crippen molar-refractivity contribution in [3.63, 3.8) is 0 Å². The Morgan fingerprint density at radius 2 is 2.15 bits per heavy atom. The molecule has 4 heterocycles. The quantitative estimate of drug-likeness (QED) is 0.294. The van der Waals surface area contributed by atoms with E-state index in [1.807, 2.05) is 0 Å². The van der Waals surface area contributed by atoms with Gasteiger partial charge in [0.05, 0.1) is 19.0 Å². The van der Waals surface area contributed by atoms with Crippen molar-refractivity contribution in [2.24, 2.45) is 0 Å². The zero-order valence-corrected chi connectivity index (χ0v) is 18.8. The van der Waals surface area contributed by atoms with Crippen LogP contribution in [-0.2, 0) is 32.6 Å². The summed E-state index contributed by atoms with van der Waals surface area (Å²) < 4.78 is 55.0. The van der Waals surface area contributed by atoms with Gasteiger partial charge in [-0.2, -0.15) is 14.4 Å². The molecule has 2 aromatic heterocycles. The second-order valence-corrected chi connectivity index (χ2v) is 9.54. The van der Waals surface area contributed by atoms with Gasteiger partial charge in [0.15, 0.2) is 30.0 Å². The number of anilines is 1. The highest BCUT2D eigenvalue weighted by Gasteiger charge is 2.49. The molecule has 0 radical (unpaired) electrons. The highest BCUT2D eigenvalue weighted by Crippen LogP contribution is 2.47. The van der Waals surface area contributed by atoms with Gasteiger partial charge >= 0.3 is 19.8 Å². The fraction of sp³-hybridized carbons (Fsp3) is 0.647. The van der Waals surface area contributed by atoms with Gasteiger partial charge in [-0.25, -0.2) is 14.6 Å². The molecule has 182 valence electrons. The number of ether oxygens (including phenoxy) is 3. The van der Waals surface area contributed by atoms with E-state index in [0.29, 0.717) is 0 Å². The maximum absolute atomic E-state index is 13.7. The molecule has 2 aromatic rings. The molecule has 2 aliphatic rings. The van der Waals surface area contributed by atoms with E-state index < -0.39 is 57.2 Å². The van der Waals surface area contributed by atoms with E-state index in [1.165, 1.54) is 17.8 Å². The summed E-state index contributed by atoms with van der Waals surface area (Å²) in [7, 11) is -3.98. The molecule has 6 atom stereocenters. The SMILES string of the molecule is CC(C)OC(=O)[C@H](C)NP1(=O)OCOC2C(O)[C@H](n3cnc4c(N)nc(F)nc43)O[C@@H]2CO1. The highest BCUT2D eigenvalue weighted by molar-refractivity contribution is 7.51.